The van der Waals surface area contributed by atoms with Crippen LogP contribution in [0.4, 0.5) is 4.79 Å². The number of nitrogens with zero attached hydrogens (tertiary/aromatic N) is 1. The number of methoxy groups -OCH3 is 1. The lowest BCUT2D eigenvalue weighted by Crippen LogP contribution is -2.47. The van der Waals surface area contributed by atoms with Crippen molar-refractivity contribution in [3.05, 3.63) is 29.8 Å². The van der Waals surface area contributed by atoms with Gasteiger partial charge in [-0.3, -0.25) is 4.79 Å². The molecule has 0 unspecified atom stereocenters. The smallest absolute Gasteiger partial charge is 0.317 e. The summed E-state index contributed by atoms with van der Waals surface area (Å²) in [5, 5.41) is 3.18. The Morgan fingerprint density at radius 2 is 1.79 bits per heavy atom. The third-order valence-corrected chi connectivity index (χ3v) is 5.03. The van der Waals surface area contributed by atoms with Crippen molar-refractivity contribution in [3.8, 4) is 5.75 Å². The molecule has 3 amide bonds. The second kappa shape index (κ2) is 7.11. The van der Waals surface area contributed by atoms with E-state index in [2.05, 4.69) is 5.32 Å². The van der Waals surface area contributed by atoms with Gasteiger partial charge in [-0.2, -0.15) is 0 Å². The van der Waals surface area contributed by atoms with Gasteiger partial charge in [-0.25, -0.2) is 4.79 Å². The van der Waals surface area contributed by atoms with Crippen molar-refractivity contribution in [2.45, 2.75) is 31.7 Å². The van der Waals surface area contributed by atoms with Crippen LogP contribution in [0.2, 0.25) is 0 Å². The SMILES string of the molecule is COc1ccc([C@@H](NC(=O)N2CCC(C(N)=O)CC2)C2CC2)cc1. The molecule has 0 spiro atoms. The molecule has 0 bridgehead atoms. The molecule has 3 N–H and O–H groups in total. The van der Waals surface area contributed by atoms with Gasteiger partial charge in [-0.15, -0.1) is 0 Å². The van der Waals surface area contributed by atoms with Crippen molar-refractivity contribution in [3.63, 3.8) is 0 Å². The molecule has 2 aliphatic rings. The highest BCUT2D eigenvalue weighted by Crippen LogP contribution is 2.41. The minimum Gasteiger partial charge on any atom is -0.497 e. The summed E-state index contributed by atoms with van der Waals surface area (Å²) in [6, 6.07) is 7.87. The summed E-state index contributed by atoms with van der Waals surface area (Å²) >= 11 is 0. The Bertz CT molecular complexity index is 590. The number of nitrogens with two attached hydrogens (primary N) is 1. The minimum atomic E-state index is -0.260. The van der Waals surface area contributed by atoms with E-state index < -0.39 is 0 Å². The number of piperidine rings is 1. The number of amides is 3. The van der Waals surface area contributed by atoms with E-state index in [0.29, 0.717) is 31.8 Å². The van der Waals surface area contributed by atoms with E-state index in [0.717, 1.165) is 24.2 Å². The lowest BCUT2D eigenvalue weighted by Gasteiger charge is -2.32. The van der Waals surface area contributed by atoms with Gasteiger partial charge in [0.1, 0.15) is 5.75 Å². The second-order valence-electron chi connectivity index (χ2n) is 6.70. The first-order valence-corrected chi connectivity index (χ1v) is 8.57. The number of hydrogen-bond donors (Lipinski definition) is 2. The molecular weight excluding hydrogens is 306 g/mol. The molecule has 130 valence electrons. The summed E-state index contributed by atoms with van der Waals surface area (Å²) in [5.41, 5.74) is 6.46. The van der Waals surface area contributed by atoms with Gasteiger partial charge in [0.25, 0.3) is 0 Å². The molecule has 0 aromatic heterocycles. The fourth-order valence-electron chi connectivity index (χ4n) is 3.31. The fraction of sp³-hybridized carbons (Fsp3) is 0.556. The zero-order valence-corrected chi connectivity index (χ0v) is 14.0. The molecule has 1 aliphatic carbocycles. The Balaban J connectivity index is 1.61. The van der Waals surface area contributed by atoms with E-state index in [4.69, 9.17) is 10.5 Å². The molecule has 2 fully saturated rings. The number of likely N-dealkylation sites (tertiary alicyclic amines) is 1. The first-order chi connectivity index (χ1) is 11.6. The van der Waals surface area contributed by atoms with E-state index in [1.807, 2.05) is 24.3 Å². The first-order valence-electron chi connectivity index (χ1n) is 8.57. The summed E-state index contributed by atoms with van der Waals surface area (Å²) < 4.78 is 5.20. The van der Waals surface area contributed by atoms with Crippen LogP contribution in [0.25, 0.3) is 0 Å². The standard InChI is InChI=1S/C18H25N3O3/c1-24-15-6-4-13(5-7-15)16(12-2-3-12)20-18(23)21-10-8-14(9-11-21)17(19)22/h4-7,12,14,16H,2-3,8-11H2,1H3,(H2,19,22)(H,20,23)/t16-/m0/s1. The number of carbonyl (C=O) groups is 2. The predicted octanol–water partition coefficient (Wildman–Crippen LogP) is 2.05. The van der Waals surface area contributed by atoms with Crippen molar-refractivity contribution in [1.29, 1.82) is 0 Å². The maximum absolute atomic E-state index is 12.6. The number of primary amides is 1. The largest absolute Gasteiger partial charge is 0.497 e. The van der Waals surface area contributed by atoms with Crippen molar-refractivity contribution in [2.75, 3.05) is 20.2 Å². The second-order valence-corrected chi connectivity index (χ2v) is 6.70. The van der Waals surface area contributed by atoms with Crippen LogP contribution < -0.4 is 15.8 Å². The number of urea groups is 1. The van der Waals surface area contributed by atoms with Crippen LogP contribution in [0.1, 0.15) is 37.3 Å². The van der Waals surface area contributed by atoms with E-state index in [-0.39, 0.29) is 23.9 Å². The topological polar surface area (TPSA) is 84.7 Å². The average Bonchev–Trinajstić information content (AvgIpc) is 3.44. The highest BCUT2D eigenvalue weighted by atomic mass is 16.5. The van der Waals surface area contributed by atoms with E-state index in [1.54, 1.807) is 12.0 Å². The van der Waals surface area contributed by atoms with Gasteiger partial charge in [0.15, 0.2) is 0 Å². The van der Waals surface area contributed by atoms with Crippen molar-refractivity contribution >= 4 is 11.9 Å². The number of benzene rings is 1. The average molecular weight is 331 g/mol. The number of carbonyl (C=O) groups excluding carboxylic acids is 2. The van der Waals surface area contributed by atoms with Crippen LogP contribution in [0.5, 0.6) is 5.75 Å². The van der Waals surface area contributed by atoms with Crippen LogP contribution >= 0.6 is 0 Å². The van der Waals surface area contributed by atoms with Crippen molar-refractivity contribution in [1.82, 2.24) is 10.2 Å². The zero-order chi connectivity index (χ0) is 17.1. The summed E-state index contributed by atoms with van der Waals surface area (Å²) in [4.78, 5) is 25.6. The number of nitrogens with one attached hydrogen (secondary N) is 1. The molecule has 3 rings (SSSR count). The summed E-state index contributed by atoms with van der Waals surface area (Å²) in [6.07, 6.45) is 3.58. The zero-order valence-electron chi connectivity index (χ0n) is 14.0. The summed E-state index contributed by atoms with van der Waals surface area (Å²) in [6.45, 7) is 1.17. The maximum atomic E-state index is 12.6. The molecule has 1 aromatic rings. The Labute approximate surface area is 142 Å². The molecule has 24 heavy (non-hydrogen) atoms. The number of ether oxygens (including phenoxy) is 1. The Morgan fingerprint density at radius 1 is 1.17 bits per heavy atom. The highest BCUT2D eigenvalue weighted by molar-refractivity contribution is 5.78. The molecule has 1 heterocycles. The van der Waals surface area contributed by atoms with Gasteiger partial charge in [0.2, 0.25) is 5.91 Å². The molecular formula is C18H25N3O3. The van der Waals surface area contributed by atoms with E-state index >= 15 is 0 Å². The number of rotatable bonds is 5. The third kappa shape index (κ3) is 3.80. The Hall–Kier alpha value is -2.24. The van der Waals surface area contributed by atoms with Crippen molar-refractivity contribution < 1.29 is 14.3 Å². The molecule has 1 atom stereocenters. The normalized spacial score (nSPS) is 19.6. The quantitative estimate of drug-likeness (QED) is 0.866. The molecule has 1 saturated carbocycles. The van der Waals surface area contributed by atoms with Crippen molar-refractivity contribution in [2.24, 2.45) is 17.6 Å². The minimum absolute atomic E-state index is 0.0391. The fourth-order valence-corrected chi connectivity index (χ4v) is 3.31. The van der Waals surface area contributed by atoms with Gasteiger partial charge in [0, 0.05) is 19.0 Å². The Kier molecular flexibility index (Phi) is 4.92. The van der Waals surface area contributed by atoms with Gasteiger partial charge < -0.3 is 20.7 Å². The summed E-state index contributed by atoms with van der Waals surface area (Å²) in [7, 11) is 1.64. The lowest BCUT2D eigenvalue weighted by molar-refractivity contribution is -0.123. The predicted molar refractivity (Wildman–Crippen MR) is 90.5 cm³/mol. The van der Waals surface area contributed by atoms with Crippen LogP contribution in [0.15, 0.2) is 24.3 Å². The van der Waals surface area contributed by atoms with E-state index in [9.17, 15) is 9.59 Å². The molecule has 6 heteroatoms. The first kappa shape index (κ1) is 16.6. The molecule has 0 radical (unpaired) electrons. The molecule has 1 aromatic carbocycles. The van der Waals surface area contributed by atoms with Gasteiger partial charge in [0.05, 0.1) is 13.2 Å². The van der Waals surface area contributed by atoms with Crippen LogP contribution in [0, 0.1) is 11.8 Å². The van der Waals surface area contributed by atoms with E-state index in [1.165, 1.54) is 0 Å². The van der Waals surface area contributed by atoms with Crippen LogP contribution in [-0.4, -0.2) is 37.0 Å². The lowest BCUT2D eigenvalue weighted by atomic mass is 9.96. The summed E-state index contributed by atoms with van der Waals surface area (Å²) in [5.74, 6) is 0.956. The van der Waals surface area contributed by atoms with Gasteiger partial charge in [-0.05, 0) is 49.3 Å². The molecule has 1 saturated heterocycles. The molecule has 1 aliphatic heterocycles. The van der Waals surface area contributed by atoms with Gasteiger partial charge >= 0.3 is 6.03 Å². The monoisotopic (exact) mass is 331 g/mol. The highest BCUT2D eigenvalue weighted by Gasteiger charge is 2.35. The van der Waals surface area contributed by atoms with Crippen LogP contribution in [0.3, 0.4) is 0 Å². The molecule has 6 nitrogen and oxygen atoms in total. The Morgan fingerprint density at radius 3 is 2.29 bits per heavy atom. The van der Waals surface area contributed by atoms with Gasteiger partial charge in [-0.1, -0.05) is 12.1 Å². The third-order valence-electron chi connectivity index (χ3n) is 5.03. The maximum Gasteiger partial charge on any atom is 0.317 e. The number of hydrogen-bond acceptors (Lipinski definition) is 3. The van der Waals surface area contributed by atoms with Crippen LogP contribution in [-0.2, 0) is 4.79 Å².